The molecule has 0 radical (unpaired) electrons. The topological polar surface area (TPSA) is 44.8 Å². The summed E-state index contributed by atoms with van der Waals surface area (Å²) in [6, 6.07) is 11.9. The van der Waals surface area contributed by atoms with Gasteiger partial charge in [-0.15, -0.1) is 0 Å². The molecule has 0 spiro atoms. The average Bonchev–Trinajstić information content (AvgIpc) is 2.65. The van der Waals surface area contributed by atoms with E-state index in [1.807, 2.05) is 38.1 Å². The zero-order valence-electron chi connectivity index (χ0n) is 16.4. The monoisotopic (exact) mass is 366 g/mol. The Morgan fingerprint density at radius 1 is 1.15 bits per heavy atom. The highest BCUT2D eigenvalue weighted by Crippen LogP contribution is 2.37. The van der Waals surface area contributed by atoms with Crippen molar-refractivity contribution in [2.24, 2.45) is 0 Å². The van der Waals surface area contributed by atoms with Crippen LogP contribution in [0.5, 0.6) is 17.2 Å². The van der Waals surface area contributed by atoms with Crippen molar-refractivity contribution in [2.75, 3.05) is 7.11 Å². The molecule has 3 rings (SSSR count). The molecule has 1 aliphatic heterocycles. The van der Waals surface area contributed by atoms with E-state index in [2.05, 4.69) is 25.1 Å². The van der Waals surface area contributed by atoms with Gasteiger partial charge < -0.3 is 14.2 Å². The van der Waals surface area contributed by atoms with E-state index in [-0.39, 0.29) is 0 Å². The van der Waals surface area contributed by atoms with E-state index in [4.69, 9.17) is 14.2 Å². The fourth-order valence-corrected chi connectivity index (χ4v) is 3.18. The molecule has 0 saturated heterocycles. The molecule has 0 atom stereocenters. The van der Waals surface area contributed by atoms with E-state index in [9.17, 15) is 4.79 Å². The third-order valence-electron chi connectivity index (χ3n) is 4.77. The van der Waals surface area contributed by atoms with Crippen molar-refractivity contribution >= 4 is 12.4 Å². The van der Waals surface area contributed by atoms with Crippen LogP contribution in [0.25, 0.3) is 6.08 Å². The Labute approximate surface area is 160 Å². The van der Waals surface area contributed by atoms with E-state index in [1.165, 1.54) is 5.56 Å². The minimum atomic E-state index is -0.647. The van der Waals surface area contributed by atoms with E-state index < -0.39 is 5.60 Å². The molecule has 0 aliphatic carbocycles. The first-order valence-corrected chi connectivity index (χ1v) is 9.26. The summed E-state index contributed by atoms with van der Waals surface area (Å²) in [4.78, 5) is 11.3. The number of aryl methyl sites for hydroxylation is 1. The molecule has 0 amide bonds. The van der Waals surface area contributed by atoms with Gasteiger partial charge in [-0.25, -0.2) is 0 Å². The molecule has 4 heteroatoms. The largest absolute Gasteiger partial charge is 0.496 e. The molecule has 0 aromatic heterocycles. The zero-order chi connectivity index (χ0) is 19.4. The summed E-state index contributed by atoms with van der Waals surface area (Å²) < 4.78 is 17.5. The number of benzene rings is 2. The average molecular weight is 366 g/mol. The van der Waals surface area contributed by atoms with Crippen molar-refractivity contribution in [3.05, 3.63) is 58.7 Å². The molecule has 0 saturated carbocycles. The van der Waals surface area contributed by atoms with Gasteiger partial charge in [-0.05, 0) is 50.1 Å². The number of rotatable bonds is 7. The Balaban J connectivity index is 1.77. The maximum absolute atomic E-state index is 11.3. The smallest absolute Gasteiger partial charge is 0.150 e. The summed E-state index contributed by atoms with van der Waals surface area (Å²) in [7, 11) is 1.68. The molecule has 0 bridgehead atoms. The molecule has 2 aromatic carbocycles. The molecule has 1 aliphatic rings. The molecule has 0 unspecified atom stereocenters. The van der Waals surface area contributed by atoms with E-state index in [1.54, 1.807) is 7.11 Å². The number of ether oxygens (including phenoxy) is 3. The van der Waals surface area contributed by atoms with Gasteiger partial charge in [0, 0.05) is 22.8 Å². The summed E-state index contributed by atoms with van der Waals surface area (Å²) in [6.45, 7) is 6.34. The summed E-state index contributed by atoms with van der Waals surface area (Å²) in [6.07, 6.45) is 4.85. The SMILES string of the molecule is CCCc1ccc(COc2ccc3c(c2)OC(C)(C)C(C=O)=C3)c(OC)c1. The maximum atomic E-state index is 11.3. The van der Waals surface area contributed by atoms with Crippen LogP contribution in [0.4, 0.5) is 0 Å². The second kappa shape index (κ2) is 7.87. The van der Waals surface area contributed by atoms with Crippen LogP contribution < -0.4 is 14.2 Å². The van der Waals surface area contributed by atoms with Gasteiger partial charge in [0.25, 0.3) is 0 Å². The van der Waals surface area contributed by atoms with Gasteiger partial charge in [0.15, 0.2) is 0 Å². The standard InChI is InChI=1S/C23H26O4/c1-5-6-16-7-8-18(21(11-16)25-4)15-26-20-10-9-17-12-19(14-24)23(2,3)27-22(17)13-20/h7-14H,5-6,15H2,1-4H3. The van der Waals surface area contributed by atoms with Crippen molar-refractivity contribution in [2.45, 2.75) is 45.8 Å². The van der Waals surface area contributed by atoms with Crippen LogP contribution in [0.2, 0.25) is 0 Å². The van der Waals surface area contributed by atoms with Crippen molar-refractivity contribution in [3.8, 4) is 17.2 Å². The van der Waals surface area contributed by atoms with Crippen LogP contribution in [-0.2, 0) is 17.8 Å². The molecule has 4 nitrogen and oxygen atoms in total. The predicted molar refractivity (Wildman–Crippen MR) is 107 cm³/mol. The first-order valence-electron chi connectivity index (χ1n) is 9.26. The number of carbonyl (C=O) groups is 1. The Hall–Kier alpha value is -2.75. The molecule has 0 fully saturated rings. The van der Waals surface area contributed by atoms with E-state index in [0.717, 1.165) is 36.0 Å². The minimum absolute atomic E-state index is 0.410. The van der Waals surface area contributed by atoms with Crippen LogP contribution in [0.1, 0.15) is 43.9 Å². The molecule has 0 N–H and O–H groups in total. The number of hydrogen-bond donors (Lipinski definition) is 0. The maximum Gasteiger partial charge on any atom is 0.150 e. The molecule has 142 valence electrons. The van der Waals surface area contributed by atoms with E-state index in [0.29, 0.717) is 23.7 Å². The molecular weight excluding hydrogens is 340 g/mol. The summed E-state index contributed by atoms with van der Waals surface area (Å²) >= 11 is 0. The fraction of sp³-hybridized carbons (Fsp3) is 0.348. The number of fused-ring (bicyclic) bond motifs is 1. The van der Waals surface area contributed by atoms with Crippen LogP contribution in [-0.4, -0.2) is 19.0 Å². The summed E-state index contributed by atoms with van der Waals surface area (Å²) in [5, 5.41) is 0. The normalized spacial score (nSPS) is 14.6. The van der Waals surface area contributed by atoms with Gasteiger partial charge in [0.2, 0.25) is 0 Å². The van der Waals surface area contributed by atoms with Crippen molar-refractivity contribution < 1.29 is 19.0 Å². The van der Waals surface area contributed by atoms with Gasteiger partial charge >= 0.3 is 0 Å². The lowest BCUT2D eigenvalue weighted by atomic mass is 9.93. The Morgan fingerprint density at radius 3 is 2.67 bits per heavy atom. The van der Waals surface area contributed by atoms with Gasteiger partial charge in [-0.2, -0.15) is 0 Å². The van der Waals surface area contributed by atoms with Gasteiger partial charge in [0.1, 0.15) is 35.7 Å². The van der Waals surface area contributed by atoms with Gasteiger partial charge in [0.05, 0.1) is 7.11 Å². The quantitative estimate of drug-likeness (QED) is 0.648. The van der Waals surface area contributed by atoms with Crippen LogP contribution in [0.3, 0.4) is 0 Å². The van der Waals surface area contributed by atoms with Crippen LogP contribution in [0, 0.1) is 0 Å². The van der Waals surface area contributed by atoms with E-state index >= 15 is 0 Å². The second-order valence-corrected chi connectivity index (χ2v) is 7.21. The molecule has 27 heavy (non-hydrogen) atoms. The lowest BCUT2D eigenvalue weighted by Gasteiger charge is -2.31. The first-order chi connectivity index (χ1) is 13.0. The number of carbonyl (C=O) groups excluding carboxylic acids is 1. The molecule has 1 heterocycles. The Kier molecular flexibility index (Phi) is 5.54. The lowest BCUT2D eigenvalue weighted by Crippen LogP contribution is -2.33. The number of methoxy groups -OCH3 is 1. The molecular formula is C23H26O4. The van der Waals surface area contributed by atoms with Crippen molar-refractivity contribution in [1.29, 1.82) is 0 Å². The minimum Gasteiger partial charge on any atom is -0.496 e. The van der Waals surface area contributed by atoms with Crippen molar-refractivity contribution in [3.63, 3.8) is 0 Å². The van der Waals surface area contributed by atoms with Gasteiger partial charge in [-0.1, -0.05) is 25.5 Å². The fourth-order valence-electron chi connectivity index (χ4n) is 3.18. The molecule has 2 aromatic rings. The number of aldehydes is 1. The zero-order valence-corrected chi connectivity index (χ0v) is 16.4. The second-order valence-electron chi connectivity index (χ2n) is 7.21. The number of hydrogen-bond acceptors (Lipinski definition) is 4. The van der Waals surface area contributed by atoms with Crippen LogP contribution in [0.15, 0.2) is 42.0 Å². The first kappa shape index (κ1) is 19.0. The third-order valence-corrected chi connectivity index (χ3v) is 4.77. The van der Waals surface area contributed by atoms with Crippen LogP contribution >= 0.6 is 0 Å². The Morgan fingerprint density at radius 2 is 1.96 bits per heavy atom. The highest BCUT2D eigenvalue weighted by atomic mass is 16.5. The highest BCUT2D eigenvalue weighted by molar-refractivity contribution is 5.86. The van der Waals surface area contributed by atoms with Crippen molar-refractivity contribution in [1.82, 2.24) is 0 Å². The third kappa shape index (κ3) is 4.16. The van der Waals surface area contributed by atoms with Gasteiger partial charge in [-0.3, -0.25) is 4.79 Å². The summed E-state index contributed by atoms with van der Waals surface area (Å²) in [5.41, 5.74) is 3.12. The lowest BCUT2D eigenvalue weighted by molar-refractivity contribution is -0.106. The predicted octanol–water partition coefficient (Wildman–Crippen LogP) is 4.98. The highest BCUT2D eigenvalue weighted by Gasteiger charge is 2.30. The Bertz CT molecular complexity index is 865. The summed E-state index contributed by atoms with van der Waals surface area (Å²) in [5.74, 6) is 2.27.